The monoisotopic (exact) mass is 192 g/mol. The molecule has 1 nitrogen and oxygen atoms in total. The van der Waals surface area contributed by atoms with Crippen molar-refractivity contribution < 1.29 is 8.81 Å². The maximum atomic E-state index is 12.9. The van der Waals surface area contributed by atoms with Gasteiger partial charge in [0.2, 0.25) is 0 Å². The molecule has 0 aliphatic rings. The Morgan fingerprint density at radius 2 is 1.86 bits per heavy atom. The van der Waals surface area contributed by atoms with Gasteiger partial charge >= 0.3 is 0 Å². The van der Waals surface area contributed by atoms with Gasteiger partial charge in [-0.15, -0.1) is 0 Å². The Labute approximate surface area is 82.5 Å². The molecule has 0 radical (unpaired) electrons. The molecule has 0 aliphatic heterocycles. The third-order valence-electron chi connectivity index (χ3n) is 2.22. The normalized spacial score (nSPS) is 12.3. The van der Waals surface area contributed by atoms with Crippen molar-refractivity contribution >= 4 is 11.0 Å². The molecule has 0 N–H and O–H groups in total. The highest BCUT2D eigenvalue weighted by Gasteiger charge is 2.18. The zero-order chi connectivity index (χ0) is 10.3. The van der Waals surface area contributed by atoms with Gasteiger partial charge in [-0.3, -0.25) is 0 Å². The predicted octanol–water partition coefficient (Wildman–Crippen LogP) is 3.87. The van der Waals surface area contributed by atoms with E-state index >= 15 is 0 Å². The van der Waals surface area contributed by atoms with Crippen molar-refractivity contribution in [3.05, 3.63) is 35.8 Å². The van der Waals surface area contributed by atoms with Gasteiger partial charge in [0.1, 0.15) is 17.2 Å². The Balaban J connectivity index is 2.63. The molecule has 1 heterocycles. The third kappa shape index (κ3) is 1.52. The van der Waals surface area contributed by atoms with Crippen LogP contribution in [0.5, 0.6) is 0 Å². The van der Waals surface area contributed by atoms with E-state index in [0.717, 1.165) is 16.7 Å². The number of fused-ring (bicyclic) bond motifs is 1. The van der Waals surface area contributed by atoms with Gasteiger partial charge in [-0.2, -0.15) is 0 Å². The van der Waals surface area contributed by atoms with E-state index in [1.165, 1.54) is 12.1 Å². The van der Waals surface area contributed by atoms with Crippen LogP contribution in [0.15, 0.2) is 28.7 Å². The fraction of sp³-hybridized carbons (Fsp3) is 0.333. The molecular weight excluding hydrogens is 179 g/mol. The lowest BCUT2D eigenvalue weighted by molar-refractivity contribution is 0.430. The van der Waals surface area contributed by atoms with Gasteiger partial charge in [-0.25, -0.2) is 4.39 Å². The second-order valence-electron chi connectivity index (χ2n) is 4.54. The van der Waals surface area contributed by atoms with Crippen LogP contribution in [0.4, 0.5) is 4.39 Å². The van der Waals surface area contributed by atoms with Crippen molar-refractivity contribution in [3.8, 4) is 0 Å². The summed E-state index contributed by atoms with van der Waals surface area (Å²) in [6.45, 7) is 6.21. The Morgan fingerprint density at radius 3 is 2.50 bits per heavy atom. The lowest BCUT2D eigenvalue weighted by atomic mass is 9.93. The summed E-state index contributed by atoms with van der Waals surface area (Å²) in [6, 6.07) is 6.48. The molecule has 2 rings (SSSR count). The van der Waals surface area contributed by atoms with Crippen LogP contribution in [0.2, 0.25) is 0 Å². The molecule has 0 amide bonds. The first-order valence-electron chi connectivity index (χ1n) is 4.66. The molecule has 0 bridgehead atoms. The summed E-state index contributed by atoms with van der Waals surface area (Å²) in [4.78, 5) is 0. The molecule has 0 aliphatic carbocycles. The van der Waals surface area contributed by atoms with Gasteiger partial charge in [0.15, 0.2) is 0 Å². The van der Waals surface area contributed by atoms with Gasteiger partial charge in [0.25, 0.3) is 0 Å². The zero-order valence-corrected chi connectivity index (χ0v) is 8.60. The number of rotatable bonds is 0. The molecule has 0 unspecified atom stereocenters. The van der Waals surface area contributed by atoms with Crippen LogP contribution in [0, 0.1) is 5.82 Å². The molecule has 74 valence electrons. The first kappa shape index (κ1) is 9.25. The topological polar surface area (TPSA) is 13.1 Å². The lowest BCUT2D eigenvalue weighted by Gasteiger charge is -2.13. The average Bonchev–Trinajstić information content (AvgIpc) is 2.45. The predicted molar refractivity (Wildman–Crippen MR) is 54.9 cm³/mol. The summed E-state index contributed by atoms with van der Waals surface area (Å²) in [5.41, 5.74) is 0.714. The highest BCUT2D eigenvalue weighted by molar-refractivity contribution is 5.78. The quantitative estimate of drug-likeness (QED) is 0.617. The molecule has 0 atom stereocenters. The fourth-order valence-electron chi connectivity index (χ4n) is 1.38. The first-order chi connectivity index (χ1) is 6.47. The maximum absolute atomic E-state index is 12.9. The molecule has 0 fully saturated rings. The van der Waals surface area contributed by atoms with E-state index < -0.39 is 0 Å². The van der Waals surface area contributed by atoms with Gasteiger partial charge in [0, 0.05) is 10.8 Å². The summed E-state index contributed by atoms with van der Waals surface area (Å²) in [7, 11) is 0. The number of benzene rings is 1. The smallest absolute Gasteiger partial charge is 0.134 e. The van der Waals surface area contributed by atoms with Crippen LogP contribution in [0.3, 0.4) is 0 Å². The lowest BCUT2D eigenvalue weighted by Crippen LogP contribution is -2.08. The fourth-order valence-corrected chi connectivity index (χ4v) is 1.38. The van der Waals surface area contributed by atoms with E-state index in [2.05, 4.69) is 20.8 Å². The van der Waals surface area contributed by atoms with Crippen molar-refractivity contribution in [2.45, 2.75) is 26.2 Å². The number of hydrogen-bond acceptors (Lipinski definition) is 1. The van der Waals surface area contributed by atoms with Crippen LogP contribution < -0.4 is 0 Å². The minimum absolute atomic E-state index is 0.0322. The Kier molecular flexibility index (Phi) is 1.88. The molecule has 0 saturated heterocycles. The maximum Gasteiger partial charge on any atom is 0.134 e. The van der Waals surface area contributed by atoms with Crippen molar-refractivity contribution in [3.63, 3.8) is 0 Å². The van der Waals surface area contributed by atoms with Crippen LogP contribution in [0.1, 0.15) is 26.5 Å². The van der Waals surface area contributed by atoms with Gasteiger partial charge in [0.05, 0.1) is 0 Å². The Bertz CT molecular complexity index is 463. The van der Waals surface area contributed by atoms with Crippen LogP contribution >= 0.6 is 0 Å². The first-order valence-corrected chi connectivity index (χ1v) is 4.66. The Morgan fingerprint density at radius 1 is 1.14 bits per heavy atom. The van der Waals surface area contributed by atoms with Crippen molar-refractivity contribution in [2.24, 2.45) is 0 Å². The number of hydrogen-bond donors (Lipinski definition) is 0. The summed E-state index contributed by atoms with van der Waals surface area (Å²) in [6.07, 6.45) is 0. The minimum atomic E-state index is -0.223. The third-order valence-corrected chi connectivity index (χ3v) is 2.22. The van der Waals surface area contributed by atoms with Gasteiger partial charge < -0.3 is 4.42 Å². The van der Waals surface area contributed by atoms with E-state index in [4.69, 9.17) is 4.42 Å². The van der Waals surface area contributed by atoms with Crippen LogP contribution in [0.25, 0.3) is 11.0 Å². The van der Waals surface area contributed by atoms with Gasteiger partial charge in [-0.1, -0.05) is 20.8 Å². The average molecular weight is 192 g/mol. The van der Waals surface area contributed by atoms with Crippen LogP contribution in [-0.2, 0) is 5.41 Å². The summed E-state index contributed by atoms with van der Waals surface area (Å²) >= 11 is 0. The molecule has 1 aromatic carbocycles. The molecule has 14 heavy (non-hydrogen) atoms. The highest BCUT2D eigenvalue weighted by atomic mass is 19.1. The van der Waals surface area contributed by atoms with Crippen molar-refractivity contribution in [2.75, 3.05) is 0 Å². The van der Waals surface area contributed by atoms with E-state index in [9.17, 15) is 4.39 Å². The van der Waals surface area contributed by atoms with Crippen molar-refractivity contribution in [1.29, 1.82) is 0 Å². The summed E-state index contributed by atoms with van der Waals surface area (Å²) in [5.74, 6) is 0.664. The molecule has 2 heteroatoms. The van der Waals surface area contributed by atoms with E-state index in [-0.39, 0.29) is 11.2 Å². The second-order valence-corrected chi connectivity index (χ2v) is 4.54. The SMILES string of the molecule is CC(C)(C)c1cc2cc(F)ccc2o1. The molecule has 2 aromatic rings. The Hall–Kier alpha value is -1.31. The van der Waals surface area contributed by atoms with Gasteiger partial charge in [-0.05, 0) is 24.3 Å². The highest BCUT2D eigenvalue weighted by Crippen LogP contribution is 2.29. The van der Waals surface area contributed by atoms with E-state index in [0.29, 0.717) is 0 Å². The summed E-state index contributed by atoms with van der Waals surface area (Å²) in [5, 5.41) is 0.829. The molecular formula is C12H13FO. The molecule has 1 aromatic heterocycles. The van der Waals surface area contributed by atoms with Crippen molar-refractivity contribution in [1.82, 2.24) is 0 Å². The largest absolute Gasteiger partial charge is 0.461 e. The van der Waals surface area contributed by atoms with Crippen LogP contribution in [-0.4, -0.2) is 0 Å². The molecule has 0 saturated carbocycles. The number of furan rings is 1. The summed E-state index contributed by atoms with van der Waals surface area (Å²) < 4.78 is 18.5. The van der Waals surface area contributed by atoms with E-state index in [1.807, 2.05) is 6.07 Å². The van der Waals surface area contributed by atoms with E-state index in [1.54, 1.807) is 6.07 Å². The molecule has 0 spiro atoms. The minimum Gasteiger partial charge on any atom is -0.461 e. The second kappa shape index (κ2) is 2.84. The number of halogens is 1. The zero-order valence-electron chi connectivity index (χ0n) is 8.60. The standard InChI is InChI=1S/C12H13FO/c1-12(2,3)11-7-8-6-9(13)4-5-10(8)14-11/h4-7H,1-3H3.